The lowest BCUT2D eigenvalue weighted by atomic mass is 9.96. The molecule has 0 aliphatic carbocycles. The standard InChI is InChI=1S/C23H28N4O2/c1-3-27-16-20(17(2)25-27)15-26-12-4-6-19(14-26)23(28)24-21-10-8-18(9-11-21)22-7-5-13-29-22/h5,7-11,13,16,19H,3-4,6,12,14-15H2,1-2H3,(H,24,28)/t19-/m1/s1. The van der Waals surface area contributed by atoms with E-state index in [0.29, 0.717) is 0 Å². The van der Waals surface area contributed by atoms with Crippen LogP contribution in [0.2, 0.25) is 0 Å². The number of nitrogens with one attached hydrogen (secondary N) is 1. The Kier molecular flexibility index (Phi) is 5.81. The summed E-state index contributed by atoms with van der Waals surface area (Å²) in [5.74, 6) is 0.934. The fourth-order valence-corrected chi connectivity index (χ4v) is 3.94. The van der Waals surface area contributed by atoms with Gasteiger partial charge in [0.25, 0.3) is 0 Å². The summed E-state index contributed by atoms with van der Waals surface area (Å²) >= 11 is 0. The van der Waals surface area contributed by atoms with Crippen LogP contribution in [0.15, 0.2) is 53.3 Å². The summed E-state index contributed by atoms with van der Waals surface area (Å²) in [7, 11) is 0. The largest absolute Gasteiger partial charge is 0.464 e. The molecule has 0 radical (unpaired) electrons. The number of hydrogen-bond donors (Lipinski definition) is 1. The summed E-state index contributed by atoms with van der Waals surface area (Å²) in [5.41, 5.74) is 4.15. The number of rotatable bonds is 6. The van der Waals surface area contributed by atoms with E-state index in [1.807, 2.05) is 41.1 Å². The third kappa shape index (κ3) is 4.59. The topological polar surface area (TPSA) is 63.3 Å². The molecule has 6 heteroatoms. The SMILES string of the molecule is CCn1cc(CN2CCC[C@@H](C(=O)Nc3ccc(-c4ccco4)cc3)C2)c(C)n1. The second-order valence-corrected chi connectivity index (χ2v) is 7.71. The minimum absolute atomic E-state index is 0.00928. The van der Waals surface area contributed by atoms with Crippen LogP contribution in [0.3, 0.4) is 0 Å². The molecule has 3 aromatic rings. The van der Waals surface area contributed by atoms with Gasteiger partial charge in [-0.05, 0) is 69.6 Å². The average Bonchev–Trinajstić information content (AvgIpc) is 3.39. The molecule has 1 amide bonds. The van der Waals surface area contributed by atoms with E-state index >= 15 is 0 Å². The maximum atomic E-state index is 12.8. The molecule has 0 unspecified atom stereocenters. The molecule has 1 aliphatic rings. The van der Waals surface area contributed by atoms with Gasteiger partial charge in [-0.2, -0.15) is 5.10 Å². The van der Waals surface area contributed by atoms with E-state index < -0.39 is 0 Å². The van der Waals surface area contributed by atoms with Gasteiger partial charge in [0.05, 0.1) is 17.9 Å². The van der Waals surface area contributed by atoms with Crippen molar-refractivity contribution in [1.29, 1.82) is 0 Å². The van der Waals surface area contributed by atoms with E-state index in [9.17, 15) is 4.79 Å². The zero-order chi connectivity index (χ0) is 20.2. The first-order valence-corrected chi connectivity index (χ1v) is 10.3. The lowest BCUT2D eigenvalue weighted by Gasteiger charge is -2.31. The van der Waals surface area contributed by atoms with Crippen LogP contribution in [0, 0.1) is 12.8 Å². The van der Waals surface area contributed by atoms with Gasteiger partial charge >= 0.3 is 0 Å². The lowest BCUT2D eigenvalue weighted by molar-refractivity contribution is -0.121. The lowest BCUT2D eigenvalue weighted by Crippen LogP contribution is -2.40. The van der Waals surface area contributed by atoms with Crippen molar-refractivity contribution >= 4 is 11.6 Å². The second-order valence-electron chi connectivity index (χ2n) is 7.71. The van der Waals surface area contributed by atoms with Gasteiger partial charge in [-0.1, -0.05) is 0 Å². The number of furan rings is 1. The van der Waals surface area contributed by atoms with Gasteiger partial charge < -0.3 is 9.73 Å². The fourth-order valence-electron chi connectivity index (χ4n) is 3.94. The molecule has 1 N–H and O–H groups in total. The van der Waals surface area contributed by atoms with Crippen LogP contribution < -0.4 is 5.32 Å². The van der Waals surface area contributed by atoms with Gasteiger partial charge in [-0.25, -0.2) is 0 Å². The van der Waals surface area contributed by atoms with Crippen LogP contribution in [0.1, 0.15) is 31.0 Å². The molecule has 29 heavy (non-hydrogen) atoms. The van der Waals surface area contributed by atoms with Crippen LogP contribution in [0.5, 0.6) is 0 Å². The minimum Gasteiger partial charge on any atom is -0.464 e. The highest BCUT2D eigenvalue weighted by Gasteiger charge is 2.26. The van der Waals surface area contributed by atoms with Crippen molar-refractivity contribution in [2.24, 2.45) is 5.92 Å². The number of piperidine rings is 1. The molecule has 0 saturated carbocycles. The van der Waals surface area contributed by atoms with Gasteiger partial charge in [-0.15, -0.1) is 0 Å². The Morgan fingerprint density at radius 2 is 2.10 bits per heavy atom. The van der Waals surface area contributed by atoms with Crippen LogP contribution in [-0.2, 0) is 17.9 Å². The van der Waals surface area contributed by atoms with E-state index in [4.69, 9.17) is 4.42 Å². The van der Waals surface area contributed by atoms with Crippen molar-refractivity contribution in [2.45, 2.75) is 39.8 Å². The molecular formula is C23H28N4O2. The average molecular weight is 393 g/mol. The van der Waals surface area contributed by atoms with Crippen molar-refractivity contribution < 1.29 is 9.21 Å². The van der Waals surface area contributed by atoms with Gasteiger partial charge in [0.15, 0.2) is 0 Å². The van der Waals surface area contributed by atoms with E-state index in [2.05, 4.69) is 35.4 Å². The number of anilines is 1. The molecular weight excluding hydrogens is 364 g/mol. The van der Waals surface area contributed by atoms with Gasteiger partial charge in [-0.3, -0.25) is 14.4 Å². The number of carbonyl (C=O) groups excluding carboxylic acids is 1. The predicted molar refractivity (Wildman–Crippen MR) is 113 cm³/mol. The Balaban J connectivity index is 1.35. The van der Waals surface area contributed by atoms with E-state index in [0.717, 1.165) is 61.7 Å². The summed E-state index contributed by atoms with van der Waals surface area (Å²) in [6.07, 6.45) is 5.75. The molecule has 3 heterocycles. The predicted octanol–water partition coefficient (Wildman–Crippen LogP) is 4.32. The Bertz CT molecular complexity index is 944. The van der Waals surface area contributed by atoms with Crippen LogP contribution in [0.25, 0.3) is 11.3 Å². The van der Waals surface area contributed by atoms with Crippen LogP contribution in [0.4, 0.5) is 5.69 Å². The monoisotopic (exact) mass is 392 g/mol. The van der Waals surface area contributed by atoms with Crippen molar-refractivity contribution in [3.8, 4) is 11.3 Å². The zero-order valence-corrected chi connectivity index (χ0v) is 17.1. The Labute approximate surface area is 171 Å². The number of nitrogens with zero attached hydrogens (tertiary/aromatic N) is 3. The number of amides is 1. The maximum absolute atomic E-state index is 12.8. The van der Waals surface area contributed by atoms with Crippen molar-refractivity contribution in [2.75, 3.05) is 18.4 Å². The number of aromatic nitrogens is 2. The minimum atomic E-state index is 0.00928. The molecule has 1 saturated heterocycles. The quantitative estimate of drug-likeness (QED) is 0.678. The molecule has 1 atom stereocenters. The number of carbonyl (C=O) groups is 1. The number of aryl methyl sites for hydroxylation is 2. The molecule has 0 bridgehead atoms. The first-order valence-electron chi connectivity index (χ1n) is 10.3. The molecule has 152 valence electrons. The van der Waals surface area contributed by atoms with Gasteiger partial charge in [0.1, 0.15) is 5.76 Å². The highest BCUT2D eigenvalue weighted by atomic mass is 16.3. The normalized spacial score (nSPS) is 17.4. The zero-order valence-electron chi connectivity index (χ0n) is 17.1. The van der Waals surface area contributed by atoms with E-state index in [1.54, 1.807) is 6.26 Å². The Morgan fingerprint density at radius 1 is 1.28 bits per heavy atom. The van der Waals surface area contributed by atoms with Crippen LogP contribution in [-0.4, -0.2) is 33.7 Å². The first-order chi connectivity index (χ1) is 14.1. The molecule has 1 aliphatic heterocycles. The number of benzene rings is 1. The highest BCUT2D eigenvalue weighted by Crippen LogP contribution is 2.24. The molecule has 0 spiro atoms. The smallest absolute Gasteiger partial charge is 0.228 e. The molecule has 1 fully saturated rings. The molecule has 2 aromatic heterocycles. The number of hydrogen-bond acceptors (Lipinski definition) is 4. The van der Waals surface area contributed by atoms with Crippen molar-refractivity contribution in [1.82, 2.24) is 14.7 Å². The van der Waals surface area contributed by atoms with Crippen LogP contribution >= 0.6 is 0 Å². The summed E-state index contributed by atoms with van der Waals surface area (Å²) in [5, 5.41) is 7.61. The third-order valence-corrected chi connectivity index (χ3v) is 5.60. The van der Waals surface area contributed by atoms with E-state index in [-0.39, 0.29) is 11.8 Å². The summed E-state index contributed by atoms with van der Waals surface area (Å²) in [6.45, 7) is 7.70. The summed E-state index contributed by atoms with van der Waals surface area (Å²) in [6, 6.07) is 11.6. The molecule has 1 aromatic carbocycles. The highest BCUT2D eigenvalue weighted by molar-refractivity contribution is 5.93. The number of likely N-dealkylation sites (tertiary alicyclic amines) is 1. The Hall–Kier alpha value is -2.86. The Morgan fingerprint density at radius 3 is 2.79 bits per heavy atom. The van der Waals surface area contributed by atoms with E-state index in [1.165, 1.54) is 5.56 Å². The first kappa shape index (κ1) is 19.5. The molecule has 4 rings (SSSR count). The fraction of sp³-hybridized carbons (Fsp3) is 0.391. The molecule has 6 nitrogen and oxygen atoms in total. The summed E-state index contributed by atoms with van der Waals surface area (Å²) in [4.78, 5) is 15.2. The maximum Gasteiger partial charge on any atom is 0.228 e. The summed E-state index contributed by atoms with van der Waals surface area (Å²) < 4.78 is 7.39. The third-order valence-electron chi connectivity index (χ3n) is 5.60. The second kappa shape index (κ2) is 8.66. The van der Waals surface area contributed by atoms with Crippen molar-refractivity contribution in [3.63, 3.8) is 0 Å². The van der Waals surface area contributed by atoms with Gasteiger partial charge in [0, 0.05) is 42.6 Å². The van der Waals surface area contributed by atoms with Crippen molar-refractivity contribution in [3.05, 3.63) is 60.1 Å². The van der Waals surface area contributed by atoms with Gasteiger partial charge in [0.2, 0.25) is 5.91 Å².